The molecule has 1 heterocycles. The van der Waals surface area contributed by atoms with Crippen molar-refractivity contribution in [3.8, 4) is 0 Å². The summed E-state index contributed by atoms with van der Waals surface area (Å²) in [5.74, 6) is 0.922. The first-order chi connectivity index (χ1) is 13.7. The van der Waals surface area contributed by atoms with E-state index >= 15 is 0 Å². The third kappa shape index (κ3) is 4.80. The minimum atomic E-state index is -3.49. The van der Waals surface area contributed by atoms with E-state index in [-0.39, 0.29) is 4.90 Å². The van der Waals surface area contributed by atoms with Crippen LogP contribution in [0.4, 0.5) is 0 Å². The molecule has 2 aromatic carbocycles. The Morgan fingerprint density at radius 2 is 1.83 bits per heavy atom. The van der Waals surface area contributed by atoms with Gasteiger partial charge in [-0.25, -0.2) is 17.7 Å². The molecule has 0 spiro atoms. The summed E-state index contributed by atoms with van der Waals surface area (Å²) >= 11 is 6.09. The zero-order valence-electron chi connectivity index (χ0n) is 17.3. The van der Waals surface area contributed by atoms with Gasteiger partial charge in [0.15, 0.2) is 0 Å². The molecule has 0 fully saturated rings. The molecule has 0 saturated heterocycles. The molecule has 0 aliphatic rings. The summed E-state index contributed by atoms with van der Waals surface area (Å²) in [6.07, 6.45) is 0.966. The van der Waals surface area contributed by atoms with Crippen LogP contribution in [0.3, 0.4) is 0 Å². The van der Waals surface area contributed by atoms with E-state index in [0.29, 0.717) is 12.1 Å². The van der Waals surface area contributed by atoms with Crippen molar-refractivity contribution in [1.29, 1.82) is 0 Å². The lowest BCUT2D eigenvalue weighted by molar-refractivity contribution is 0.305. The molecule has 6 nitrogen and oxygen atoms in total. The zero-order chi connectivity index (χ0) is 21.2. The zero-order valence-corrected chi connectivity index (χ0v) is 18.8. The van der Waals surface area contributed by atoms with Crippen molar-refractivity contribution in [2.75, 3.05) is 21.1 Å². The number of benzene rings is 2. The van der Waals surface area contributed by atoms with Gasteiger partial charge in [-0.15, -0.1) is 0 Å². The molecule has 156 valence electrons. The average Bonchev–Trinajstić information content (AvgIpc) is 2.98. The summed E-state index contributed by atoms with van der Waals surface area (Å²) < 4.78 is 28.3. The van der Waals surface area contributed by atoms with Gasteiger partial charge in [-0.3, -0.25) is 4.90 Å². The van der Waals surface area contributed by atoms with E-state index < -0.39 is 10.0 Å². The molecule has 0 bridgehead atoms. The van der Waals surface area contributed by atoms with Crippen LogP contribution in [0, 0.1) is 0 Å². The van der Waals surface area contributed by atoms with E-state index in [2.05, 4.69) is 22.5 Å². The fourth-order valence-electron chi connectivity index (χ4n) is 3.37. The molecular formula is C21H27ClN4O2S. The van der Waals surface area contributed by atoms with Crippen LogP contribution in [0.1, 0.15) is 24.7 Å². The van der Waals surface area contributed by atoms with Gasteiger partial charge in [-0.05, 0) is 49.4 Å². The first-order valence-electron chi connectivity index (χ1n) is 9.57. The maximum Gasteiger partial charge on any atom is 0.242 e. The summed E-state index contributed by atoms with van der Waals surface area (Å²) in [6.45, 7) is 4.35. The molecule has 0 aliphatic carbocycles. The number of nitrogens with zero attached hydrogens (tertiary/aromatic N) is 4. The Balaban J connectivity index is 1.93. The Kier molecular flexibility index (Phi) is 6.63. The Bertz CT molecular complexity index is 1110. The smallest absolute Gasteiger partial charge is 0.242 e. The number of sulfonamides is 1. The van der Waals surface area contributed by atoms with Crippen LogP contribution in [0.5, 0.6) is 0 Å². The molecule has 8 heteroatoms. The van der Waals surface area contributed by atoms with E-state index in [1.54, 1.807) is 12.1 Å². The standard InChI is InChI=1S/C21H27ClN4O2S/c1-5-11-26-20-10-9-18(29(27,28)24(2)3)13-19(20)23-21(26)15-25(4)14-16-7-6-8-17(22)12-16/h6-10,12-13H,5,11,14-15H2,1-4H3. The van der Waals surface area contributed by atoms with Crippen molar-refractivity contribution >= 4 is 32.7 Å². The van der Waals surface area contributed by atoms with Crippen molar-refractivity contribution < 1.29 is 8.42 Å². The van der Waals surface area contributed by atoms with Gasteiger partial charge in [0.1, 0.15) is 5.82 Å². The van der Waals surface area contributed by atoms with Gasteiger partial charge in [0.25, 0.3) is 0 Å². The summed E-state index contributed by atoms with van der Waals surface area (Å²) in [6, 6.07) is 13.0. The first-order valence-corrected chi connectivity index (χ1v) is 11.4. The van der Waals surface area contributed by atoms with Gasteiger partial charge in [0.2, 0.25) is 10.0 Å². The monoisotopic (exact) mass is 434 g/mol. The number of aryl methyl sites for hydroxylation is 1. The number of fused-ring (bicyclic) bond motifs is 1. The van der Waals surface area contributed by atoms with Crippen molar-refractivity contribution in [3.05, 3.63) is 58.9 Å². The maximum atomic E-state index is 12.5. The minimum Gasteiger partial charge on any atom is -0.327 e. The Morgan fingerprint density at radius 3 is 2.48 bits per heavy atom. The quantitative estimate of drug-likeness (QED) is 0.538. The lowest BCUT2D eigenvalue weighted by Crippen LogP contribution is -2.22. The second-order valence-electron chi connectivity index (χ2n) is 7.42. The predicted molar refractivity (Wildman–Crippen MR) is 118 cm³/mol. The SMILES string of the molecule is CCCn1c(CN(C)Cc2cccc(Cl)c2)nc2cc(S(=O)(=O)N(C)C)ccc21. The van der Waals surface area contributed by atoms with Crippen molar-refractivity contribution in [1.82, 2.24) is 18.8 Å². The molecule has 29 heavy (non-hydrogen) atoms. The van der Waals surface area contributed by atoms with Gasteiger partial charge >= 0.3 is 0 Å². The van der Waals surface area contributed by atoms with E-state index in [1.165, 1.54) is 18.4 Å². The number of aromatic nitrogens is 2. The van der Waals surface area contributed by atoms with Crippen LogP contribution in [0.15, 0.2) is 47.4 Å². The summed E-state index contributed by atoms with van der Waals surface area (Å²) in [4.78, 5) is 7.21. The van der Waals surface area contributed by atoms with E-state index in [4.69, 9.17) is 16.6 Å². The van der Waals surface area contributed by atoms with Crippen LogP contribution in [-0.2, 0) is 29.7 Å². The molecule has 0 amide bonds. The normalized spacial score (nSPS) is 12.4. The summed E-state index contributed by atoms with van der Waals surface area (Å²) in [7, 11) is 1.62. The lowest BCUT2D eigenvalue weighted by atomic mass is 10.2. The number of hydrogen-bond acceptors (Lipinski definition) is 4. The average molecular weight is 435 g/mol. The number of halogens is 1. The second-order valence-corrected chi connectivity index (χ2v) is 10.0. The molecule has 0 N–H and O–H groups in total. The summed E-state index contributed by atoms with van der Waals surface area (Å²) in [5.41, 5.74) is 2.79. The molecule has 0 aliphatic heterocycles. The third-order valence-electron chi connectivity index (χ3n) is 4.78. The maximum absolute atomic E-state index is 12.5. The van der Waals surface area contributed by atoms with Crippen LogP contribution in [-0.4, -0.2) is 48.3 Å². The predicted octanol–water partition coefficient (Wildman–Crippen LogP) is 3.98. The van der Waals surface area contributed by atoms with Gasteiger partial charge in [0, 0.05) is 32.2 Å². The van der Waals surface area contributed by atoms with Gasteiger partial charge in [-0.2, -0.15) is 0 Å². The minimum absolute atomic E-state index is 0.259. The van der Waals surface area contributed by atoms with E-state index in [9.17, 15) is 8.42 Å². The number of imidazole rings is 1. The molecule has 0 saturated carbocycles. The Hall–Kier alpha value is -1.93. The first kappa shape index (κ1) is 21.8. The molecule has 3 rings (SSSR count). The van der Waals surface area contributed by atoms with Gasteiger partial charge in [-0.1, -0.05) is 30.7 Å². The van der Waals surface area contributed by atoms with Crippen molar-refractivity contribution in [3.63, 3.8) is 0 Å². The van der Waals surface area contributed by atoms with Crippen LogP contribution >= 0.6 is 11.6 Å². The molecule has 0 atom stereocenters. The van der Waals surface area contributed by atoms with Gasteiger partial charge in [0.05, 0.1) is 22.5 Å². The molecule has 0 radical (unpaired) electrons. The highest BCUT2D eigenvalue weighted by molar-refractivity contribution is 7.89. The van der Waals surface area contributed by atoms with E-state index in [1.807, 2.05) is 31.3 Å². The lowest BCUT2D eigenvalue weighted by Gasteiger charge is -2.17. The second kappa shape index (κ2) is 8.83. The molecule has 0 unspecified atom stereocenters. The van der Waals surface area contributed by atoms with Crippen LogP contribution in [0.25, 0.3) is 11.0 Å². The fourth-order valence-corrected chi connectivity index (χ4v) is 4.50. The fraction of sp³-hybridized carbons (Fsp3) is 0.381. The molecule has 3 aromatic rings. The Labute approximate surface area is 177 Å². The van der Waals surface area contributed by atoms with Crippen molar-refractivity contribution in [2.45, 2.75) is 37.9 Å². The number of rotatable bonds is 8. The largest absolute Gasteiger partial charge is 0.327 e. The number of hydrogen-bond donors (Lipinski definition) is 0. The van der Waals surface area contributed by atoms with E-state index in [0.717, 1.165) is 41.4 Å². The highest BCUT2D eigenvalue weighted by atomic mass is 35.5. The van der Waals surface area contributed by atoms with Crippen molar-refractivity contribution in [2.24, 2.45) is 0 Å². The van der Waals surface area contributed by atoms with Gasteiger partial charge < -0.3 is 4.57 Å². The highest BCUT2D eigenvalue weighted by Crippen LogP contribution is 2.23. The third-order valence-corrected chi connectivity index (χ3v) is 6.82. The molecular weight excluding hydrogens is 408 g/mol. The summed E-state index contributed by atoms with van der Waals surface area (Å²) in [5, 5.41) is 0.726. The highest BCUT2D eigenvalue weighted by Gasteiger charge is 2.20. The molecule has 1 aromatic heterocycles. The van der Waals surface area contributed by atoms with Crippen LogP contribution < -0.4 is 0 Å². The van der Waals surface area contributed by atoms with Crippen LogP contribution in [0.2, 0.25) is 5.02 Å². The Morgan fingerprint density at radius 1 is 1.07 bits per heavy atom. The topological polar surface area (TPSA) is 58.4 Å².